The van der Waals surface area contributed by atoms with Gasteiger partial charge in [0.05, 0.1) is 22.2 Å². The number of hydrogen-bond donors (Lipinski definition) is 0. The topological polar surface area (TPSA) is 92.4 Å². The summed E-state index contributed by atoms with van der Waals surface area (Å²) in [4.78, 5) is 31.9. The second-order valence-corrected chi connectivity index (χ2v) is 14.0. The van der Waals surface area contributed by atoms with E-state index in [-0.39, 0.29) is 28.4 Å². The fraction of sp³-hybridized carbons (Fsp3) is 0.480. The smallest absolute Gasteiger partial charge is 0.349 e. The number of rotatable bonds is 5. The molecular formula is C25H24BrCl2F2N5O3S. The lowest BCUT2D eigenvalue weighted by Gasteiger charge is -2.48. The molecule has 3 aliphatic rings. The Balaban J connectivity index is 0.000000555. The Labute approximate surface area is 245 Å². The lowest BCUT2D eigenvalue weighted by Crippen LogP contribution is -2.59. The Bertz CT molecular complexity index is 1410. The monoisotopic (exact) mass is 661 g/mol. The molecule has 4 heterocycles. The molecule has 1 aromatic carbocycles. The van der Waals surface area contributed by atoms with Gasteiger partial charge in [0.2, 0.25) is 12.3 Å². The fourth-order valence-electron chi connectivity index (χ4n) is 4.70. The normalized spacial score (nSPS) is 20.8. The van der Waals surface area contributed by atoms with Gasteiger partial charge in [0.1, 0.15) is 4.88 Å². The summed E-state index contributed by atoms with van der Waals surface area (Å²) in [5.74, 6) is -5.27. The summed E-state index contributed by atoms with van der Waals surface area (Å²) in [7, 11) is 0. The molecule has 1 atom stereocenters. The SMILES string of the molecule is CC1(C)CC1.O=CN1CC2(C1)CN(C(=O)c1cnc(Br)s1)CC2c1nnc(C(F)(F)c2ccc(Cl)c(Cl)c2)o1. The van der Waals surface area contributed by atoms with Gasteiger partial charge in [-0.15, -0.1) is 21.5 Å². The third kappa shape index (κ3) is 5.71. The van der Waals surface area contributed by atoms with Crippen molar-refractivity contribution in [2.24, 2.45) is 10.8 Å². The summed E-state index contributed by atoms with van der Waals surface area (Å²) in [6.45, 7) is 5.79. The summed E-state index contributed by atoms with van der Waals surface area (Å²) in [6.07, 6.45) is 5.09. The molecule has 2 saturated heterocycles. The molecule has 8 nitrogen and oxygen atoms in total. The molecule has 0 bridgehead atoms. The minimum atomic E-state index is -3.61. The van der Waals surface area contributed by atoms with Crippen molar-refractivity contribution in [1.82, 2.24) is 25.0 Å². The second-order valence-electron chi connectivity index (χ2n) is 10.9. The molecule has 0 N–H and O–H groups in total. The highest BCUT2D eigenvalue weighted by molar-refractivity contribution is 9.11. The highest BCUT2D eigenvalue weighted by Crippen LogP contribution is 2.49. The third-order valence-electron chi connectivity index (χ3n) is 7.35. The number of likely N-dealkylation sites (tertiary alicyclic amines) is 2. The van der Waals surface area contributed by atoms with Crippen molar-refractivity contribution in [1.29, 1.82) is 0 Å². The zero-order valence-electron chi connectivity index (χ0n) is 21.0. The van der Waals surface area contributed by atoms with Crippen molar-refractivity contribution in [3.05, 3.63) is 60.6 Å². The van der Waals surface area contributed by atoms with Gasteiger partial charge in [0.15, 0.2) is 3.92 Å². The predicted molar refractivity (Wildman–Crippen MR) is 145 cm³/mol. The lowest BCUT2D eigenvalue weighted by molar-refractivity contribution is -0.129. The number of benzene rings is 1. The third-order valence-corrected chi connectivity index (χ3v) is 9.55. The van der Waals surface area contributed by atoms with Crippen molar-refractivity contribution >= 4 is 62.8 Å². The number of aromatic nitrogens is 3. The molecule has 0 radical (unpaired) electrons. The number of amides is 2. The number of thiazole rings is 1. The van der Waals surface area contributed by atoms with E-state index >= 15 is 8.78 Å². The average molecular weight is 663 g/mol. The Kier molecular flexibility index (Phi) is 7.53. The van der Waals surface area contributed by atoms with Crippen LogP contribution in [-0.2, 0) is 10.7 Å². The zero-order valence-corrected chi connectivity index (χ0v) is 24.9. The maximum absolute atomic E-state index is 15.1. The Morgan fingerprint density at radius 2 is 1.90 bits per heavy atom. The van der Waals surface area contributed by atoms with Crippen LogP contribution in [-0.4, -0.2) is 63.5 Å². The predicted octanol–water partition coefficient (Wildman–Crippen LogP) is 6.24. The first-order valence-corrected chi connectivity index (χ1v) is 14.5. The van der Waals surface area contributed by atoms with Crippen molar-refractivity contribution in [3.63, 3.8) is 0 Å². The van der Waals surface area contributed by atoms with Crippen LogP contribution in [0, 0.1) is 10.8 Å². The highest BCUT2D eigenvalue weighted by Gasteiger charge is 2.58. The van der Waals surface area contributed by atoms with Gasteiger partial charge in [0, 0.05) is 37.2 Å². The lowest BCUT2D eigenvalue weighted by atomic mass is 9.72. The van der Waals surface area contributed by atoms with Gasteiger partial charge in [-0.25, -0.2) is 4.98 Å². The molecule has 6 rings (SSSR count). The number of carbonyl (C=O) groups excluding carboxylic acids is 2. The van der Waals surface area contributed by atoms with E-state index in [9.17, 15) is 9.59 Å². The van der Waals surface area contributed by atoms with Crippen LogP contribution in [0.25, 0.3) is 0 Å². The second kappa shape index (κ2) is 10.4. The molecule has 1 aliphatic carbocycles. The molecule has 2 aromatic heterocycles. The van der Waals surface area contributed by atoms with Crippen LogP contribution in [0.5, 0.6) is 0 Å². The number of hydrogen-bond acceptors (Lipinski definition) is 7. The first-order chi connectivity index (χ1) is 18.3. The van der Waals surface area contributed by atoms with Gasteiger partial charge in [0.25, 0.3) is 11.8 Å². The molecule has 2 aliphatic heterocycles. The molecule has 1 spiro atoms. The van der Waals surface area contributed by atoms with Crippen molar-refractivity contribution in [2.75, 3.05) is 26.2 Å². The van der Waals surface area contributed by atoms with Crippen molar-refractivity contribution in [2.45, 2.75) is 38.5 Å². The summed E-state index contributed by atoms with van der Waals surface area (Å²) in [6, 6.07) is 3.45. The van der Waals surface area contributed by atoms with Gasteiger partial charge in [-0.2, -0.15) is 8.78 Å². The van der Waals surface area contributed by atoms with E-state index in [2.05, 4.69) is 45.0 Å². The maximum atomic E-state index is 15.1. The molecule has 14 heteroatoms. The van der Waals surface area contributed by atoms with Crippen LogP contribution >= 0.6 is 50.5 Å². The highest BCUT2D eigenvalue weighted by atomic mass is 79.9. The van der Waals surface area contributed by atoms with E-state index in [0.29, 0.717) is 34.8 Å². The molecule has 1 unspecified atom stereocenters. The summed E-state index contributed by atoms with van der Waals surface area (Å²) < 4.78 is 36.3. The van der Waals surface area contributed by atoms with E-state index in [4.69, 9.17) is 27.6 Å². The Morgan fingerprint density at radius 1 is 1.21 bits per heavy atom. The largest absolute Gasteiger partial charge is 0.419 e. The number of carbonyl (C=O) groups is 2. The van der Waals surface area contributed by atoms with Crippen molar-refractivity contribution < 1.29 is 22.8 Å². The number of halogens is 5. The molecule has 39 heavy (non-hydrogen) atoms. The molecular weight excluding hydrogens is 639 g/mol. The van der Waals surface area contributed by atoms with E-state index in [1.54, 1.807) is 9.80 Å². The summed E-state index contributed by atoms with van der Waals surface area (Å²) in [5.41, 5.74) is -0.261. The maximum Gasteiger partial charge on any atom is 0.349 e. The van der Waals surface area contributed by atoms with Gasteiger partial charge in [-0.1, -0.05) is 43.1 Å². The quantitative estimate of drug-likeness (QED) is 0.301. The molecule has 3 aromatic rings. The van der Waals surface area contributed by atoms with Crippen LogP contribution in [0.2, 0.25) is 10.0 Å². The standard InChI is InChI=1S/C20H14BrCl2F2N5O3S.C5H10/c21-18-26-4-14(34-18)16(32)30-5-11(19(8-30)6-29(7-19)9-31)15-27-28-17(33-15)20(24,25)10-1-2-12(22)13(23)3-10;1-5(2)3-4-5/h1-4,9,11H,5-8H2;3-4H2,1-2H3. The van der Waals surface area contributed by atoms with Crippen LogP contribution in [0.3, 0.4) is 0 Å². The van der Waals surface area contributed by atoms with Crippen LogP contribution in [0.4, 0.5) is 8.78 Å². The van der Waals surface area contributed by atoms with Gasteiger partial charge in [-0.05, 0) is 46.3 Å². The molecule has 1 saturated carbocycles. The Morgan fingerprint density at radius 3 is 2.46 bits per heavy atom. The van der Waals surface area contributed by atoms with Gasteiger partial charge >= 0.3 is 5.92 Å². The summed E-state index contributed by atoms with van der Waals surface area (Å²) >= 11 is 16.2. The first kappa shape index (κ1) is 28.4. The van der Waals surface area contributed by atoms with Gasteiger partial charge < -0.3 is 14.2 Å². The fourth-order valence-corrected chi connectivity index (χ4v) is 6.23. The van der Waals surface area contributed by atoms with E-state index in [0.717, 1.165) is 17.5 Å². The van der Waals surface area contributed by atoms with Crippen LogP contribution in [0.15, 0.2) is 32.7 Å². The van der Waals surface area contributed by atoms with Crippen LogP contribution < -0.4 is 0 Å². The molecule has 208 valence electrons. The average Bonchev–Trinajstić information content (AvgIpc) is 3.30. The first-order valence-electron chi connectivity index (χ1n) is 12.1. The minimum Gasteiger partial charge on any atom is -0.419 e. The number of alkyl halides is 2. The van der Waals surface area contributed by atoms with Crippen LogP contribution in [0.1, 0.15) is 59.6 Å². The van der Waals surface area contributed by atoms with E-state index in [1.165, 1.54) is 36.4 Å². The van der Waals surface area contributed by atoms with Crippen molar-refractivity contribution in [3.8, 4) is 0 Å². The van der Waals surface area contributed by atoms with Gasteiger partial charge in [-0.3, -0.25) is 9.59 Å². The van der Waals surface area contributed by atoms with E-state index < -0.39 is 28.7 Å². The molecule has 3 fully saturated rings. The summed E-state index contributed by atoms with van der Waals surface area (Å²) in [5, 5.41) is 7.64. The molecule has 2 amide bonds. The Hall–Kier alpha value is -2.15. The zero-order chi connectivity index (χ0) is 28.2. The number of nitrogens with zero attached hydrogens (tertiary/aromatic N) is 5. The van der Waals surface area contributed by atoms with E-state index in [1.807, 2.05) is 0 Å². The minimum absolute atomic E-state index is 0.0129.